The van der Waals surface area contributed by atoms with Crippen molar-refractivity contribution in [3.8, 4) is 0 Å². The second kappa shape index (κ2) is 3.39. The first-order valence-electron chi connectivity index (χ1n) is 5.61. The van der Waals surface area contributed by atoms with Crippen molar-refractivity contribution in [2.45, 2.75) is 13.3 Å². The fourth-order valence-corrected chi connectivity index (χ4v) is 2.32. The van der Waals surface area contributed by atoms with Crippen LogP contribution in [0.2, 0.25) is 0 Å². The van der Waals surface area contributed by atoms with Gasteiger partial charge in [-0.25, -0.2) is 0 Å². The van der Waals surface area contributed by atoms with Crippen LogP contribution in [0.5, 0.6) is 0 Å². The summed E-state index contributed by atoms with van der Waals surface area (Å²) in [7, 11) is 2.02. The van der Waals surface area contributed by atoms with Gasteiger partial charge in [0.25, 0.3) is 0 Å². The Balaban J connectivity index is 2.39. The Hall–Kier alpha value is -1.74. The minimum absolute atomic E-state index is 1.06. The molecular weight excluding hydrogens is 198 g/mol. The zero-order valence-corrected chi connectivity index (χ0v) is 9.54. The Labute approximate surface area is 95.0 Å². The van der Waals surface area contributed by atoms with Crippen LogP contribution >= 0.6 is 0 Å². The molecule has 0 unspecified atom stereocenters. The third-order valence-electron chi connectivity index (χ3n) is 3.20. The van der Waals surface area contributed by atoms with Gasteiger partial charge in [-0.2, -0.15) is 0 Å². The molecule has 0 atom stereocenters. The van der Waals surface area contributed by atoms with Gasteiger partial charge in [-0.05, 0) is 23.4 Å². The molecule has 1 aliphatic heterocycles. The molecule has 1 aliphatic rings. The molecule has 3 heteroatoms. The summed E-state index contributed by atoms with van der Waals surface area (Å²) in [4.78, 5) is 0. The zero-order chi connectivity index (χ0) is 11.1. The monoisotopic (exact) mass is 213 g/mol. The quantitative estimate of drug-likeness (QED) is 0.762. The van der Waals surface area contributed by atoms with E-state index in [1.54, 1.807) is 0 Å². The van der Waals surface area contributed by atoms with E-state index in [0.29, 0.717) is 0 Å². The Morgan fingerprint density at radius 3 is 2.69 bits per heavy atom. The van der Waals surface area contributed by atoms with E-state index in [1.165, 1.54) is 27.7 Å². The van der Waals surface area contributed by atoms with Crippen LogP contribution in [0.1, 0.15) is 12.5 Å². The third kappa shape index (κ3) is 1.18. The standard InChI is InChI=1S/C13H15N3/c1-3-9-8-12-13(14-15-16(12)2)11-7-5-4-6-10(9)11/h4-8,14-15H,3H2,1-2H3. The first kappa shape index (κ1) is 9.48. The maximum absolute atomic E-state index is 3.22. The van der Waals surface area contributed by atoms with E-state index < -0.39 is 0 Å². The van der Waals surface area contributed by atoms with Crippen molar-refractivity contribution in [3.05, 3.63) is 35.9 Å². The van der Waals surface area contributed by atoms with Gasteiger partial charge >= 0.3 is 0 Å². The smallest absolute Gasteiger partial charge is 0.0831 e. The molecule has 3 rings (SSSR count). The summed E-state index contributed by atoms with van der Waals surface area (Å²) in [5, 5.41) is 4.64. The number of hydrazine groups is 2. The molecule has 16 heavy (non-hydrogen) atoms. The maximum Gasteiger partial charge on any atom is 0.0831 e. The highest BCUT2D eigenvalue weighted by molar-refractivity contribution is 6.03. The fourth-order valence-electron chi connectivity index (χ4n) is 2.32. The Bertz CT molecular complexity index is 548. The molecule has 0 saturated heterocycles. The largest absolute Gasteiger partial charge is 0.301 e. The molecule has 0 saturated carbocycles. The molecule has 2 aromatic carbocycles. The predicted molar refractivity (Wildman–Crippen MR) is 68.5 cm³/mol. The van der Waals surface area contributed by atoms with Crippen LogP contribution < -0.4 is 16.0 Å². The summed E-state index contributed by atoms with van der Waals surface area (Å²) in [6.45, 7) is 2.20. The summed E-state index contributed by atoms with van der Waals surface area (Å²) in [5.41, 5.74) is 10.1. The molecule has 0 bridgehead atoms. The van der Waals surface area contributed by atoms with E-state index >= 15 is 0 Å². The van der Waals surface area contributed by atoms with E-state index in [0.717, 1.165) is 6.42 Å². The van der Waals surface area contributed by atoms with Gasteiger partial charge in [0.1, 0.15) is 0 Å². The molecule has 0 aliphatic carbocycles. The van der Waals surface area contributed by atoms with Crippen LogP contribution in [0.3, 0.4) is 0 Å². The normalized spacial score (nSPS) is 14.0. The molecule has 1 heterocycles. The van der Waals surface area contributed by atoms with Crippen molar-refractivity contribution < 1.29 is 0 Å². The van der Waals surface area contributed by atoms with Crippen molar-refractivity contribution >= 4 is 22.1 Å². The molecule has 0 amide bonds. The lowest BCUT2D eigenvalue weighted by atomic mass is 10.00. The molecule has 2 aromatic rings. The number of hydrogen-bond donors (Lipinski definition) is 2. The number of benzene rings is 2. The Morgan fingerprint density at radius 2 is 1.94 bits per heavy atom. The van der Waals surface area contributed by atoms with E-state index in [2.05, 4.69) is 48.2 Å². The minimum Gasteiger partial charge on any atom is -0.301 e. The number of hydrogen-bond acceptors (Lipinski definition) is 3. The van der Waals surface area contributed by atoms with Gasteiger partial charge in [0.15, 0.2) is 0 Å². The third-order valence-corrected chi connectivity index (χ3v) is 3.20. The van der Waals surface area contributed by atoms with Crippen LogP contribution in [-0.4, -0.2) is 7.05 Å². The lowest BCUT2D eigenvalue weighted by Crippen LogP contribution is -2.31. The molecule has 2 N–H and O–H groups in total. The van der Waals surface area contributed by atoms with Gasteiger partial charge in [0, 0.05) is 12.4 Å². The van der Waals surface area contributed by atoms with Crippen LogP contribution in [0, 0.1) is 0 Å². The van der Waals surface area contributed by atoms with Gasteiger partial charge in [-0.3, -0.25) is 5.01 Å². The topological polar surface area (TPSA) is 27.3 Å². The number of aryl methyl sites for hydroxylation is 1. The highest BCUT2D eigenvalue weighted by Gasteiger charge is 2.18. The van der Waals surface area contributed by atoms with Crippen LogP contribution in [0.4, 0.5) is 11.4 Å². The second-order valence-electron chi connectivity index (χ2n) is 4.12. The molecule has 0 fully saturated rings. The van der Waals surface area contributed by atoms with Gasteiger partial charge in [0.2, 0.25) is 0 Å². The van der Waals surface area contributed by atoms with E-state index in [-0.39, 0.29) is 0 Å². The van der Waals surface area contributed by atoms with Crippen LogP contribution in [-0.2, 0) is 6.42 Å². The van der Waals surface area contributed by atoms with E-state index in [4.69, 9.17) is 0 Å². The lowest BCUT2D eigenvalue weighted by Gasteiger charge is -2.12. The molecule has 0 aromatic heterocycles. The highest BCUT2D eigenvalue weighted by atomic mass is 15.7. The van der Waals surface area contributed by atoms with Crippen molar-refractivity contribution in [1.29, 1.82) is 0 Å². The average Bonchev–Trinajstić information content (AvgIpc) is 2.70. The predicted octanol–water partition coefficient (Wildman–Crippen LogP) is 2.68. The van der Waals surface area contributed by atoms with E-state index in [9.17, 15) is 0 Å². The number of nitrogens with one attached hydrogen (secondary N) is 2. The number of fused-ring (bicyclic) bond motifs is 3. The zero-order valence-electron chi connectivity index (χ0n) is 9.54. The first-order chi connectivity index (χ1) is 7.81. The van der Waals surface area contributed by atoms with Gasteiger partial charge in [-0.15, -0.1) is 5.53 Å². The van der Waals surface area contributed by atoms with Crippen molar-refractivity contribution in [1.82, 2.24) is 5.53 Å². The summed E-state index contributed by atoms with van der Waals surface area (Å²) in [6, 6.07) is 10.8. The molecular formula is C13H15N3. The minimum atomic E-state index is 1.06. The van der Waals surface area contributed by atoms with Gasteiger partial charge < -0.3 is 5.43 Å². The first-order valence-corrected chi connectivity index (χ1v) is 5.61. The van der Waals surface area contributed by atoms with E-state index in [1.807, 2.05) is 12.1 Å². The molecule has 0 radical (unpaired) electrons. The second-order valence-corrected chi connectivity index (χ2v) is 4.12. The average molecular weight is 213 g/mol. The van der Waals surface area contributed by atoms with Crippen LogP contribution in [0.15, 0.2) is 30.3 Å². The lowest BCUT2D eigenvalue weighted by molar-refractivity contribution is 0.820. The Kier molecular flexibility index (Phi) is 2.01. The molecule has 82 valence electrons. The summed E-state index contributed by atoms with van der Waals surface area (Å²) in [6.07, 6.45) is 1.06. The van der Waals surface area contributed by atoms with Gasteiger partial charge in [-0.1, -0.05) is 31.2 Å². The number of anilines is 2. The van der Waals surface area contributed by atoms with Crippen molar-refractivity contribution in [3.63, 3.8) is 0 Å². The summed E-state index contributed by atoms with van der Waals surface area (Å²) < 4.78 is 0. The van der Waals surface area contributed by atoms with Crippen molar-refractivity contribution in [2.75, 3.05) is 17.5 Å². The number of nitrogens with zero attached hydrogens (tertiary/aromatic N) is 1. The highest BCUT2D eigenvalue weighted by Crippen LogP contribution is 2.37. The SMILES string of the molecule is CCc1cc2c(c3ccccc13)NNN2C. The summed E-state index contributed by atoms with van der Waals surface area (Å²) >= 11 is 0. The number of rotatable bonds is 1. The Morgan fingerprint density at radius 1 is 1.19 bits per heavy atom. The molecule has 3 nitrogen and oxygen atoms in total. The van der Waals surface area contributed by atoms with Crippen LogP contribution in [0.25, 0.3) is 10.8 Å². The molecule has 0 spiro atoms. The maximum atomic E-state index is 3.22. The summed E-state index contributed by atoms with van der Waals surface area (Å²) in [5.74, 6) is 0. The fraction of sp³-hybridized carbons (Fsp3) is 0.231. The van der Waals surface area contributed by atoms with Gasteiger partial charge in [0.05, 0.1) is 11.4 Å². The van der Waals surface area contributed by atoms with Crippen molar-refractivity contribution in [2.24, 2.45) is 0 Å².